The summed E-state index contributed by atoms with van der Waals surface area (Å²) in [6.07, 6.45) is -1.25. The second-order valence-electron chi connectivity index (χ2n) is 8.24. The highest BCUT2D eigenvalue weighted by atomic mass is 35.5. The zero-order valence-corrected chi connectivity index (χ0v) is 23.1. The molecule has 0 saturated heterocycles. The van der Waals surface area contributed by atoms with Crippen LogP contribution in [-0.4, -0.2) is 51.4 Å². The number of pyridine rings is 1. The lowest BCUT2D eigenvalue weighted by molar-refractivity contribution is -0.153. The van der Waals surface area contributed by atoms with Gasteiger partial charge in [0.05, 0.1) is 24.0 Å². The van der Waals surface area contributed by atoms with Crippen LogP contribution in [-0.2, 0) is 10.0 Å². The largest absolute Gasteiger partial charge is 0.495 e. The maximum atomic E-state index is 14.1. The van der Waals surface area contributed by atoms with Gasteiger partial charge < -0.3 is 19.2 Å². The first-order chi connectivity index (χ1) is 19.8. The van der Waals surface area contributed by atoms with E-state index < -0.39 is 40.4 Å². The molecule has 0 bridgehead atoms. The van der Waals surface area contributed by atoms with Gasteiger partial charge in [-0.05, 0) is 42.0 Å². The van der Waals surface area contributed by atoms with Crippen molar-refractivity contribution >= 4 is 45.2 Å². The summed E-state index contributed by atoms with van der Waals surface area (Å²) < 4.78 is 94.3. The molecule has 4 aromatic rings. The Morgan fingerprint density at radius 3 is 2.48 bits per heavy atom. The highest BCUT2D eigenvalue weighted by Crippen LogP contribution is 2.42. The zero-order valence-electron chi connectivity index (χ0n) is 21.6. The van der Waals surface area contributed by atoms with Gasteiger partial charge in [0.25, 0.3) is 10.0 Å². The summed E-state index contributed by atoms with van der Waals surface area (Å²) in [4.78, 5) is 21.5. The predicted octanol–water partition coefficient (Wildman–Crippen LogP) is 5.76. The molecule has 0 unspecified atom stereocenters. The minimum Gasteiger partial charge on any atom is -0.495 e. The average molecular weight is 630 g/mol. The number of nitrogens with zero attached hydrogens (tertiary/aromatic N) is 3. The summed E-state index contributed by atoms with van der Waals surface area (Å²) in [5, 5.41) is 2.44. The lowest BCUT2D eigenvalue weighted by atomic mass is 10.0. The minimum absolute atomic E-state index is 0.00225. The molecule has 42 heavy (non-hydrogen) atoms. The summed E-state index contributed by atoms with van der Waals surface area (Å²) in [6.45, 7) is -1.70. The van der Waals surface area contributed by atoms with Crippen LogP contribution in [0.5, 0.6) is 11.5 Å². The number of aromatic nitrogens is 2. The van der Waals surface area contributed by atoms with Crippen LogP contribution in [0.2, 0.25) is 5.02 Å². The minimum atomic E-state index is -4.68. The molecule has 2 aromatic heterocycles. The number of urea groups is 1. The number of methoxy groups -OCH3 is 1. The molecule has 2 aromatic carbocycles. The normalized spacial score (nSPS) is 11.6. The van der Waals surface area contributed by atoms with Gasteiger partial charge in [0.2, 0.25) is 0 Å². The van der Waals surface area contributed by atoms with Crippen molar-refractivity contribution in [1.82, 2.24) is 15.3 Å². The number of amides is 2. The van der Waals surface area contributed by atoms with Gasteiger partial charge in [-0.3, -0.25) is 0 Å². The fourth-order valence-electron chi connectivity index (χ4n) is 3.60. The van der Waals surface area contributed by atoms with Gasteiger partial charge in [0.1, 0.15) is 22.7 Å². The Morgan fingerprint density at radius 1 is 1.12 bits per heavy atom. The number of sulfonamides is 1. The van der Waals surface area contributed by atoms with Crippen LogP contribution in [0, 0.1) is 5.82 Å². The lowest BCUT2D eigenvalue weighted by Gasteiger charge is -2.24. The monoisotopic (exact) mass is 629 g/mol. The number of halogens is 5. The smallest absolute Gasteiger partial charge is 0.422 e. The molecule has 11 nitrogen and oxygen atoms in total. The van der Waals surface area contributed by atoms with Crippen LogP contribution in [0.25, 0.3) is 11.1 Å². The van der Waals surface area contributed by atoms with Crippen molar-refractivity contribution in [2.24, 2.45) is 0 Å². The number of rotatable bonds is 9. The van der Waals surface area contributed by atoms with Crippen molar-refractivity contribution in [1.29, 1.82) is 0 Å². The molecule has 2 N–H and O–H groups in total. The van der Waals surface area contributed by atoms with Crippen molar-refractivity contribution in [2.45, 2.75) is 11.1 Å². The molecular weight excluding hydrogens is 610 g/mol. The maximum Gasteiger partial charge on any atom is 0.422 e. The number of ether oxygens (including phenoxy) is 2. The molecule has 0 aliphatic heterocycles. The second-order valence-corrected chi connectivity index (χ2v) is 10.3. The molecule has 2 heterocycles. The van der Waals surface area contributed by atoms with Gasteiger partial charge in [0, 0.05) is 18.8 Å². The first kappa shape index (κ1) is 30.4. The maximum absolute atomic E-state index is 14.1. The third-order valence-electron chi connectivity index (χ3n) is 5.47. The molecule has 222 valence electrons. The van der Waals surface area contributed by atoms with Crippen molar-refractivity contribution in [3.63, 3.8) is 0 Å². The number of nitrogens with one attached hydrogen (secondary N) is 2. The van der Waals surface area contributed by atoms with Gasteiger partial charge in [0.15, 0.2) is 18.2 Å². The van der Waals surface area contributed by atoms with Crippen molar-refractivity contribution in [2.75, 3.05) is 30.4 Å². The summed E-state index contributed by atoms with van der Waals surface area (Å²) in [6, 6.07) is 7.43. The van der Waals surface area contributed by atoms with Gasteiger partial charge in [-0.1, -0.05) is 17.7 Å². The third kappa shape index (κ3) is 6.83. The van der Waals surface area contributed by atoms with Crippen LogP contribution in [0.15, 0.2) is 70.4 Å². The van der Waals surface area contributed by atoms with E-state index in [1.807, 2.05) is 0 Å². The second kappa shape index (κ2) is 12.1. The zero-order chi connectivity index (χ0) is 30.7. The van der Waals surface area contributed by atoms with E-state index in [1.54, 1.807) is 0 Å². The van der Waals surface area contributed by atoms with Gasteiger partial charge in [-0.2, -0.15) is 13.2 Å². The van der Waals surface area contributed by atoms with E-state index in [9.17, 15) is 30.8 Å². The number of hydrogen-bond acceptors (Lipinski definition) is 8. The molecule has 0 atom stereocenters. The Hall–Kier alpha value is -4.57. The molecule has 0 saturated carbocycles. The SMILES string of the molecule is CNC(=O)N(c1ccc(S(=O)(=O)Nc2ncco2)cn1)c1cc(Cl)c(-c2ccc(F)c(OCC(F)(F)F)c2)cc1OC. The number of carbonyl (C=O) groups excluding carboxylic acids is 1. The number of alkyl halides is 3. The van der Waals surface area contributed by atoms with Crippen LogP contribution in [0.4, 0.5) is 39.9 Å². The van der Waals surface area contributed by atoms with Crippen LogP contribution < -0.4 is 24.4 Å². The predicted molar refractivity (Wildman–Crippen MR) is 143 cm³/mol. The molecule has 0 aliphatic rings. The standard InChI is InChI=1S/C25H20ClF4N5O6S/c1-31-24(36)35(22-6-4-15(12-33-22)42(37,38)34-23-32-7-8-40-23)19-11-17(26)16(10-21(19)39-2)14-3-5-18(27)20(9-14)41-13-25(28,29)30/h3-12H,13H2,1-2H3,(H,31,36)(H,32,34). The topological polar surface area (TPSA) is 136 Å². The van der Waals surface area contributed by atoms with E-state index in [-0.39, 0.29) is 44.3 Å². The first-order valence-electron chi connectivity index (χ1n) is 11.6. The van der Waals surface area contributed by atoms with Crippen LogP contribution in [0.3, 0.4) is 0 Å². The molecule has 2 amide bonds. The molecule has 0 fully saturated rings. The van der Waals surface area contributed by atoms with E-state index in [0.29, 0.717) is 0 Å². The molecule has 4 rings (SSSR count). The highest BCUT2D eigenvalue weighted by Gasteiger charge is 2.29. The number of oxazole rings is 1. The van der Waals surface area contributed by atoms with E-state index in [1.165, 1.54) is 56.9 Å². The quantitative estimate of drug-likeness (QED) is 0.223. The Morgan fingerprint density at radius 2 is 1.88 bits per heavy atom. The van der Waals surface area contributed by atoms with Gasteiger partial charge in [-0.15, -0.1) is 0 Å². The summed E-state index contributed by atoms with van der Waals surface area (Å²) in [5.41, 5.74) is 0.487. The Labute approximate surface area is 241 Å². The third-order valence-corrected chi connectivity index (χ3v) is 7.09. The Bertz CT molecular complexity index is 1690. The Kier molecular flexibility index (Phi) is 8.77. The Balaban J connectivity index is 1.71. The van der Waals surface area contributed by atoms with Crippen molar-refractivity contribution in [3.05, 3.63) is 72.0 Å². The van der Waals surface area contributed by atoms with E-state index in [0.717, 1.165) is 23.2 Å². The van der Waals surface area contributed by atoms with E-state index in [4.69, 9.17) is 20.8 Å². The molecule has 0 spiro atoms. The van der Waals surface area contributed by atoms with Crippen LogP contribution in [0.1, 0.15) is 0 Å². The molecule has 17 heteroatoms. The highest BCUT2D eigenvalue weighted by molar-refractivity contribution is 7.92. The summed E-state index contributed by atoms with van der Waals surface area (Å²) in [7, 11) is -1.49. The first-order valence-corrected chi connectivity index (χ1v) is 13.5. The fourth-order valence-corrected chi connectivity index (χ4v) is 4.76. The summed E-state index contributed by atoms with van der Waals surface area (Å²) in [5.74, 6) is -1.63. The van der Waals surface area contributed by atoms with Gasteiger partial charge in [-0.25, -0.2) is 37.2 Å². The number of carbonyl (C=O) groups is 1. The number of benzene rings is 2. The fraction of sp³-hybridized carbons (Fsp3) is 0.160. The van der Waals surface area contributed by atoms with Gasteiger partial charge >= 0.3 is 18.2 Å². The number of anilines is 3. The molecular formula is C25H20ClF4N5O6S. The van der Waals surface area contributed by atoms with Crippen molar-refractivity contribution in [3.8, 4) is 22.6 Å². The number of hydrogen-bond donors (Lipinski definition) is 2. The summed E-state index contributed by atoms with van der Waals surface area (Å²) >= 11 is 6.52. The van der Waals surface area contributed by atoms with Crippen LogP contribution >= 0.6 is 11.6 Å². The average Bonchev–Trinajstić information content (AvgIpc) is 3.45. The molecule has 0 aliphatic carbocycles. The molecule has 0 radical (unpaired) electrons. The van der Waals surface area contributed by atoms with Crippen molar-refractivity contribution < 1.29 is 44.7 Å². The lowest BCUT2D eigenvalue weighted by Crippen LogP contribution is -2.35. The van der Waals surface area contributed by atoms with E-state index >= 15 is 0 Å². The van der Waals surface area contributed by atoms with E-state index in [2.05, 4.69) is 24.7 Å².